The van der Waals surface area contributed by atoms with Crippen LogP contribution in [-0.2, 0) is 16.4 Å². The second-order valence-corrected chi connectivity index (χ2v) is 8.66. The maximum atomic E-state index is 13.6. The Morgan fingerprint density at radius 1 is 1.38 bits per heavy atom. The molecule has 2 heterocycles. The Kier molecular flexibility index (Phi) is 3.94. The molecule has 0 bridgehead atoms. The summed E-state index contributed by atoms with van der Waals surface area (Å²) in [6.45, 7) is 2.30. The summed E-state index contributed by atoms with van der Waals surface area (Å²) in [5, 5.41) is 1.98. The minimum atomic E-state index is -3.69. The Morgan fingerprint density at radius 3 is 2.86 bits per heavy atom. The second kappa shape index (κ2) is 5.46. The van der Waals surface area contributed by atoms with Crippen LogP contribution in [0.3, 0.4) is 0 Å². The molecule has 0 saturated heterocycles. The van der Waals surface area contributed by atoms with Crippen molar-refractivity contribution >= 4 is 37.3 Å². The van der Waals surface area contributed by atoms with Gasteiger partial charge in [-0.3, -0.25) is 0 Å². The lowest BCUT2D eigenvalue weighted by atomic mass is 10.0. The van der Waals surface area contributed by atoms with E-state index in [-0.39, 0.29) is 15.4 Å². The van der Waals surface area contributed by atoms with Gasteiger partial charge in [0, 0.05) is 17.5 Å². The van der Waals surface area contributed by atoms with E-state index in [9.17, 15) is 12.8 Å². The molecule has 21 heavy (non-hydrogen) atoms. The smallest absolute Gasteiger partial charge is 0.207 e. The monoisotopic (exact) mass is 389 g/mol. The Hall–Kier alpha value is -0.760. The van der Waals surface area contributed by atoms with Crippen molar-refractivity contribution in [2.75, 3.05) is 6.54 Å². The molecule has 3 rings (SSSR count). The van der Waals surface area contributed by atoms with Gasteiger partial charge in [0.05, 0.1) is 9.37 Å². The van der Waals surface area contributed by atoms with Crippen molar-refractivity contribution in [3.63, 3.8) is 0 Å². The summed E-state index contributed by atoms with van der Waals surface area (Å²) in [7, 11) is -3.69. The van der Waals surface area contributed by atoms with E-state index < -0.39 is 15.8 Å². The van der Waals surface area contributed by atoms with Crippen molar-refractivity contribution in [2.24, 2.45) is 0 Å². The molecule has 7 heteroatoms. The third-order valence-electron chi connectivity index (χ3n) is 3.72. The summed E-state index contributed by atoms with van der Waals surface area (Å²) in [6, 6.07) is 5.66. The summed E-state index contributed by atoms with van der Waals surface area (Å²) < 4.78 is 40.8. The number of halogens is 2. The fraction of sp³-hybridized carbons (Fsp3) is 0.286. The van der Waals surface area contributed by atoms with Crippen LogP contribution in [0.2, 0.25) is 0 Å². The largest absolute Gasteiger partial charge is 0.243 e. The standard InChI is InChI=1S/C14H13BrFNO2S2/c1-9-11-5-7-20-14(11)4-6-17(9)21(18,19)10-2-3-12(15)13(16)8-10/h2-3,5,7-9H,4,6H2,1H3. The van der Waals surface area contributed by atoms with Crippen molar-refractivity contribution in [1.82, 2.24) is 4.31 Å². The van der Waals surface area contributed by atoms with E-state index in [0.29, 0.717) is 13.0 Å². The number of thiophene rings is 1. The van der Waals surface area contributed by atoms with E-state index in [0.717, 1.165) is 11.6 Å². The Labute approximate surface area is 135 Å². The molecule has 0 aliphatic carbocycles. The average Bonchev–Trinajstić information content (AvgIpc) is 2.91. The molecule has 0 amide bonds. The minimum Gasteiger partial charge on any atom is -0.207 e. The van der Waals surface area contributed by atoms with E-state index >= 15 is 0 Å². The van der Waals surface area contributed by atoms with Crippen LogP contribution in [0.25, 0.3) is 0 Å². The third kappa shape index (κ3) is 2.56. The first-order valence-electron chi connectivity index (χ1n) is 6.44. The van der Waals surface area contributed by atoms with Crippen LogP contribution in [0.15, 0.2) is 39.0 Å². The van der Waals surface area contributed by atoms with Gasteiger partial charge in [-0.1, -0.05) is 0 Å². The fourth-order valence-electron chi connectivity index (χ4n) is 2.59. The van der Waals surface area contributed by atoms with Crippen LogP contribution in [0.4, 0.5) is 4.39 Å². The molecule has 0 saturated carbocycles. The maximum absolute atomic E-state index is 13.6. The highest BCUT2D eigenvalue weighted by atomic mass is 79.9. The zero-order valence-electron chi connectivity index (χ0n) is 11.2. The van der Waals surface area contributed by atoms with Gasteiger partial charge in [0.2, 0.25) is 10.0 Å². The number of rotatable bonds is 2. The Morgan fingerprint density at radius 2 is 2.14 bits per heavy atom. The second-order valence-electron chi connectivity index (χ2n) is 4.92. The first-order chi connectivity index (χ1) is 9.91. The van der Waals surface area contributed by atoms with Crippen LogP contribution in [0.1, 0.15) is 23.4 Å². The van der Waals surface area contributed by atoms with E-state index in [2.05, 4.69) is 15.9 Å². The molecule has 3 nitrogen and oxygen atoms in total. The lowest BCUT2D eigenvalue weighted by Crippen LogP contribution is -2.38. The Balaban J connectivity index is 2.01. The molecule has 112 valence electrons. The highest BCUT2D eigenvalue weighted by Crippen LogP contribution is 2.36. The van der Waals surface area contributed by atoms with Gasteiger partial charge in [0.25, 0.3) is 0 Å². The molecular weight excluding hydrogens is 377 g/mol. The number of hydrogen-bond acceptors (Lipinski definition) is 3. The number of fused-ring (bicyclic) bond motifs is 1. The van der Waals surface area contributed by atoms with Crippen LogP contribution < -0.4 is 0 Å². The third-order valence-corrected chi connectivity index (χ3v) is 7.32. The van der Waals surface area contributed by atoms with Gasteiger partial charge in [-0.2, -0.15) is 4.31 Å². The first kappa shape index (κ1) is 15.1. The normalized spacial score (nSPS) is 19.5. The van der Waals surface area contributed by atoms with Gasteiger partial charge in [-0.15, -0.1) is 11.3 Å². The number of sulfonamides is 1. The van der Waals surface area contributed by atoms with Gasteiger partial charge in [-0.25, -0.2) is 12.8 Å². The molecule has 0 spiro atoms. The van der Waals surface area contributed by atoms with Crippen molar-refractivity contribution in [3.05, 3.63) is 50.4 Å². The zero-order chi connectivity index (χ0) is 15.2. The molecule has 1 aliphatic heterocycles. The summed E-state index contributed by atoms with van der Waals surface area (Å²) in [6.07, 6.45) is 0.704. The molecular formula is C14H13BrFNO2S2. The lowest BCUT2D eigenvalue weighted by molar-refractivity contribution is 0.329. The first-order valence-corrected chi connectivity index (χ1v) is 9.55. The molecule has 0 N–H and O–H groups in total. The molecule has 0 fully saturated rings. The van der Waals surface area contributed by atoms with E-state index in [1.54, 1.807) is 11.3 Å². The summed E-state index contributed by atoms with van der Waals surface area (Å²) in [5.41, 5.74) is 1.05. The molecule has 0 radical (unpaired) electrons. The summed E-state index contributed by atoms with van der Waals surface area (Å²) in [4.78, 5) is 1.23. The maximum Gasteiger partial charge on any atom is 0.243 e. The number of nitrogens with zero attached hydrogens (tertiary/aromatic N) is 1. The van der Waals surface area contributed by atoms with Gasteiger partial charge in [-0.05, 0) is 64.5 Å². The van der Waals surface area contributed by atoms with Crippen LogP contribution in [0.5, 0.6) is 0 Å². The van der Waals surface area contributed by atoms with E-state index in [4.69, 9.17) is 0 Å². The average molecular weight is 390 g/mol. The van der Waals surface area contributed by atoms with Gasteiger partial charge in [0.1, 0.15) is 5.82 Å². The highest BCUT2D eigenvalue weighted by Gasteiger charge is 2.34. The molecule has 1 unspecified atom stereocenters. The topological polar surface area (TPSA) is 37.4 Å². The van der Waals surface area contributed by atoms with E-state index in [1.807, 2.05) is 18.4 Å². The summed E-state index contributed by atoms with van der Waals surface area (Å²) >= 11 is 4.69. The van der Waals surface area contributed by atoms with Crippen LogP contribution >= 0.6 is 27.3 Å². The van der Waals surface area contributed by atoms with Gasteiger partial charge < -0.3 is 0 Å². The molecule has 1 aromatic heterocycles. The summed E-state index contributed by atoms with van der Waals surface area (Å²) in [5.74, 6) is -0.572. The zero-order valence-corrected chi connectivity index (χ0v) is 14.4. The molecule has 1 atom stereocenters. The molecule has 1 aromatic carbocycles. The quantitative estimate of drug-likeness (QED) is 0.779. The van der Waals surface area contributed by atoms with Gasteiger partial charge >= 0.3 is 0 Å². The minimum absolute atomic E-state index is 0.00581. The fourth-order valence-corrected chi connectivity index (χ4v) is 5.42. The Bertz CT molecular complexity index is 788. The predicted molar refractivity (Wildman–Crippen MR) is 84.4 cm³/mol. The van der Waals surface area contributed by atoms with Crippen LogP contribution in [0, 0.1) is 5.82 Å². The van der Waals surface area contributed by atoms with Crippen LogP contribution in [-0.4, -0.2) is 19.3 Å². The van der Waals surface area contributed by atoms with Gasteiger partial charge in [0.15, 0.2) is 0 Å². The number of hydrogen-bond donors (Lipinski definition) is 0. The molecule has 2 aromatic rings. The van der Waals surface area contributed by atoms with Crippen molar-refractivity contribution < 1.29 is 12.8 Å². The van der Waals surface area contributed by atoms with Crippen molar-refractivity contribution in [2.45, 2.75) is 24.3 Å². The van der Waals surface area contributed by atoms with Crippen molar-refractivity contribution in [3.8, 4) is 0 Å². The molecule has 1 aliphatic rings. The van der Waals surface area contributed by atoms with E-state index in [1.165, 1.54) is 21.3 Å². The predicted octanol–water partition coefficient (Wildman–Crippen LogP) is 3.96. The highest BCUT2D eigenvalue weighted by molar-refractivity contribution is 9.10. The lowest BCUT2D eigenvalue weighted by Gasteiger charge is -2.32. The number of benzene rings is 1. The van der Waals surface area contributed by atoms with Crippen molar-refractivity contribution in [1.29, 1.82) is 0 Å². The SMILES string of the molecule is CC1c2ccsc2CCN1S(=O)(=O)c1ccc(Br)c(F)c1.